The summed E-state index contributed by atoms with van der Waals surface area (Å²) in [7, 11) is 0. The van der Waals surface area contributed by atoms with Gasteiger partial charge in [0.25, 0.3) is 0 Å². The second-order valence-corrected chi connectivity index (χ2v) is 7.71. The molecule has 1 aliphatic rings. The normalized spacial score (nSPS) is 18.6. The number of nitrogens with two attached hydrogens (primary N) is 1. The number of nitrogens with zero attached hydrogens (tertiary/aromatic N) is 2. The van der Waals surface area contributed by atoms with Crippen molar-refractivity contribution in [1.29, 1.82) is 0 Å². The molecular weight excluding hydrogens is 388 g/mol. The molecule has 2 aromatic carbocycles. The molecule has 6 nitrogen and oxygen atoms in total. The molecule has 31 heavy (non-hydrogen) atoms. The fourth-order valence-electron chi connectivity index (χ4n) is 4.04. The van der Waals surface area contributed by atoms with Gasteiger partial charge in [-0.25, -0.2) is 9.97 Å². The molecule has 1 aliphatic carbocycles. The molecule has 0 aliphatic heterocycles. The van der Waals surface area contributed by atoms with Crippen LogP contribution in [0.25, 0.3) is 11.1 Å². The molecule has 0 saturated heterocycles. The fraction of sp³-hybridized carbons (Fsp3) is 0.240. The van der Waals surface area contributed by atoms with Gasteiger partial charge in [0.2, 0.25) is 0 Å². The Morgan fingerprint density at radius 3 is 2.55 bits per heavy atom. The fourth-order valence-corrected chi connectivity index (χ4v) is 4.04. The average molecular weight is 415 g/mol. The zero-order chi connectivity index (χ0) is 21.5. The van der Waals surface area contributed by atoms with Crippen molar-refractivity contribution in [3.8, 4) is 22.6 Å². The van der Waals surface area contributed by atoms with E-state index in [1.807, 2.05) is 60.7 Å². The number of carbonyl (C=O) groups is 1. The van der Waals surface area contributed by atoms with Crippen LogP contribution in [0.5, 0.6) is 11.5 Å². The molecule has 1 heterocycles. The Kier molecular flexibility index (Phi) is 6.57. The van der Waals surface area contributed by atoms with Crippen molar-refractivity contribution in [2.45, 2.75) is 31.7 Å². The molecular formula is C25H26N4O2. The van der Waals surface area contributed by atoms with E-state index < -0.39 is 0 Å². The quantitative estimate of drug-likeness (QED) is 0.406. The molecule has 0 unspecified atom stereocenters. The number of anilines is 2. The van der Waals surface area contributed by atoms with E-state index in [1.54, 1.807) is 6.08 Å². The minimum absolute atomic E-state index is 0.267. The van der Waals surface area contributed by atoms with Crippen LogP contribution < -0.4 is 15.8 Å². The number of hydrogen-bond donors (Lipinski definition) is 2. The summed E-state index contributed by atoms with van der Waals surface area (Å²) in [6.45, 7) is 0. The Labute approximate surface area is 182 Å². The lowest BCUT2D eigenvalue weighted by molar-refractivity contribution is -0.104. The first-order valence-electron chi connectivity index (χ1n) is 10.5. The van der Waals surface area contributed by atoms with Crippen LogP contribution in [0.4, 0.5) is 11.6 Å². The maximum Gasteiger partial charge on any atom is 0.142 e. The molecule has 0 radical (unpaired) electrons. The van der Waals surface area contributed by atoms with Crippen LogP contribution in [0, 0.1) is 5.92 Å². The van der Waals surface area contributed by atoms with E-state index in [2.05, 4.69) is 15.3 Å². The summed E-state index contributed by atoms with van der Waals surface area (Å²) in [5.41, 5.74) is 7.96. The minimum atomic E-state index is 0.267. The number of ether oxygens (including phenoxy) is 1. The van der Waals surface area contributed by atoms with Gasteiger partial charge < -0.3 is 15.8 Å². The topological polar surface area (TPSA) is 90.1 Å². The summed E-state index contributed by atoms with van der Waals surface area (Å²) in [5, 5.41) is 3.57. The molecule has 4 rings (SSSR count). The molecule has 3 aromatic rings. The summed E-state index contributed by atoms with van der Waals surface area (Å²) in [6.07, 6.45) is 10.1. The molecule has 6 heteroatoms. The number of nitrogen functional groups attached to an aromatic ring is 1. The van der Waals surface area contributed by atoms with Crippen LogP contribution in [-0.4, -0.2) is 22.3 Å². The lowest BCUT2D eigenvalue weighted by Gasteiger charge is -2.29. The Bertz CT molecular complexity index is 1040. The number of allylic oxidation sites excluding steroid dienone is 2. The van der Waals surface area contributed by atoms with Gasteiger partial charge in [0, 0.05) is 6.04 Å². The third kappa shape index (κ3) is 5.28. The molecule has 1 fully saturated rings. The maximum atomic E-state index is 10.6. The van der Waals surface area contributed by atoms with Gasteiger partial charge in [0.05, 0.1) is 5.56 Å². The summed E-state index contributed by atoms with van der Waals surface area (Å²) in [5.74, 6) is 3.10. The number of aldehydes is 1. The second-order valence-electron chi connectivity index (χ2n) is 7.71. The molecule has 3 N–H and O–H groups in total. The average Bonchev–Trinajstić information content (AvgIpc) is 2.80. The zero-order valence-electron chi connectivity index (χ0n) is 17.3. The van der Waals surface area contributed by atoms with E-state index in [9.17, 15) is 4.79 Å². The summed E-state index contributed by atoms with van der Waals surface area (Å²) < 4.78 is 5.89. The number of benzene rings is 2. The van der Waals surface area contributed by atoms with E-state index in [4.69, 9.17) is 10.5 Å². The van der Waals surface area contributed by atoms with Crippen LogP contribution in [0.2, 0.25) is 0 Å². The van der Waals surface area contributed by atoms with Crippen molar-refractivity contribution in [1.82, 2.24) is 9.97 Å². The van der Waals surface area contributed by atoms with Crippen molar-refractivity contribution in [2.24, 2.45) is 5.92 Å². The standard InChI is InChI=1S/C25H26N4O2/c26-24-23(19-11-13-22(14-12-19)31-21-9-2-1-3-10-21)25(28-17-27-24)29-20-8-4-6-18(16-20)7-5-15-30/h1-3,5,7,9-15,17-18,20H,4,6,8,16H2,(H3,26,27,28,29)/t18-,20+/m1/s1. The van der Waals surface area contributed by atoms with E-state index in [-0.39, 0.29) is 6.04 Å². The van der Waals surface area contributed by atoms with Crippen molar-refractivity contribution >= 4 is 17.9 Å². The van der Waals surface area contributed by atoms with Gasteiger partial charge in [-0.3, -0.25) is 4.79 Å². The Hall–Kier alpha value is -3.67. The van der Waals surface area contributed by atoms with Gasteiger partial charge >= 0.3 is 0 Å². The van der Waals surface area contributed by atoms with Crippen molar-refractivity contribution in [3.05, 3.63) is 73.1 Å². The van der Waals surface area contributed by atoms with Gasteiger partial charge in [-0.15, -0.1) is 0 Å². The summed E-state index contributed by atoms with van der Waals surface area (Å²) in [4.78, 5) is 19.3. The van der Waals surface area contributed by atoms with Gasteiger partial charge in [0.1, 0.15) is 35.7 Å². The Morgan fingerprint density at radius 2 is 1.77 bits per heavy atom. The smallest absolute Gasteiger partial charge is 0.142 e. The molecule has 1 saturated carbocycles. The van der Waals surface area contributed by atoms with Crippen LogP contribution in [0.1, 0.15) is 25.7 Å². The highest BCUT2D eigenvalue weighted by Gasteiger charge is 2.22. The van der Waals surface area contributed by atoms with Crippen molar-refractivity contribution in [2.75, 3.05) is 11.1 Å². The van der Waals surface area contributed by atoms with Gasteiger partial charge in [-0.2, -0.15) is 0 Å². The number of aromatic nitrogens is 2. The van der Waals surface area contributed by atoms with Gasteiger partial charge in [0.15, 0.2) is 0 Å². The first kappa shape index (κ1) is 20.6. The van der Waals surface area contributed by atoms with Gasteiger partial charge in [-0.05, 0) is 61.1 Å². The highest BCUT2D eigenvalue weighted by Crippen LogP contribution is 2.35. The van der Waals surface area contributed by atoms with E-state index in [0.717, 1.165) is 60.4 Å². The molecule has 158 valence electrons. The van der Waals surface area contributed by atoms with Gasteiger partial charge in [-0.1, -0.05) is 42.8 Å². The maximum absolute atomic E-state index is 10.6. The number of carbonyl (C=O) groups excluding carboxylic acids is 1. The first-order chi connectivity index (χ1) is 15.2. The lowest BCUT2D eigenvalue weighted by atomic mass is 9.85. The molecule has 1 aromatic heterocycles. The van der Waals surface area contributed by atoms with Crippen molar-refractivity contribution < 1.29 is 9.53 Å². The largest absolute Gasteiger partial charge is 0.457 e. The number of nitrogens with one attached hydrogen (secondary N) is 1. The Morgan fingerprint density at radius 1 is 1.00 bits per heavy atom. The molecule has 0 spiro atoms. The molecule has 0 amide bonds. The monoisotopic (exact) mass is 414 g/mol. The third-order valence-electron chi connectivity index (χ3n) is 5.52. The Balaban J connectivity index is 1.52. The number of para-hydroxylation sites is 1. The van der Waals surface area contributed by atoms with Crippen molar-refractivity contribution in [3.63, 3.8) is 0 Å². The van der Waals surface area contributed by atoms with E-state index in [0.29, 0.717) is 11.7 Å². The SMILES string of the molecule is Nc1ncnc(N[C@H]2CCC[C@H](C=CC=O)C2)c1-c1ccc(Oc2ccccc2)cc1. The summed E-state index contributed by atoms with van der Waals surface area (Å²) in [6, 6.07) is 17.7. The zero-order valence-corrected chi connectivity index (χ0v) is 17.3. The predicted molar refractivity (Wildman–Crippen MR) is 123 cm³/mol. The molecule has 0 bridgehead atoms. The van der Waals surface area contributed by atoms with Crippen LogP contribution in [0.3, 0.4) is 0 Å². The van der Waals surface area contributed by atoms with E-state index >= 15 is 0 Å². The lowest BCUT2D eigenvalue weighted by Crippen LogP contribution is -2.27. The highest BCUT2D eigenvalue weighted by atomic mass is 16.5. The summed E-state index contributed by atoms with van der Waals surface area (Å²) >= 11 is 0. The van der Waals surface area contributed by atoms with Crippen LogP contribution in [0.15, 0.2) is 73.1 Å². The first-order valence-corrected chi connectivity index (χ1v) is 10.5. The predicted octanol–water partition coefficient (Wildman–Crippen LogP) is 5.24. The minimum Gasteiger partial charge on any atom is -0.457 e. The molecule has 2 atom stereocenters. The number of hydrogen-bond acceptors (Lipinski definition) is 6. The third-order valence-corrected chi connectivity index (χ3v) is 5.52. The van der Waals surface area contributed by atoms with E-state index in [1.165, 1.54) is 6.33 Å². The second kappa shape index (κ2) is 9.89. The van der Waals surface area contributed by atoms with Crippen LogP contribution in [-0.2, 0) is 4.79 Å². The number of rotatable bonds is 7. The highest BCUT2D eigenvalue weighted by molar-refractivity contribution is 5.83. The van der Waals surface area contributed by atoms with Crippen LogP contribution >= 0.6 is 0 Å².